The third kappa shape index (κ3) is 4.66. The molecule has 0 atom stereocenters. The SMILES string of the molecule is Cc1cc2nc(N(Cc3cccnc3)C(=O)c3ccc(S(=O)(=O)N(C)C)cc3)sc2cc1C. The summed E-state index contributed by atoms with van der Waals surface area (Å²) in [7, 11) is -0.630. The van der Waals surface area contributed by atoms with E-state index in [1.165, 1.54) is 55.3 Å². The first-order chi connectivity index (χ1) is 15.7. The van der Waals surface area contributed by atoms with Gasteiger partial charge in [0.2, 0.25) is 10.0 Å². The van der Waals surface area contributed by atoms with Crippen LogP contribution in [0.15, 0.2) is 65.8 Å². The maximum Gasteiger partial charge on any atom is 0.260 e. The van der Waals surface area contributed by atoms with E-state index in [0.717, 1.165) is 25.6 Å². The molecule has 0 aliphatic rings. The molecule has 0 radical (unpaired) electrons. The number of fused-ring (bicyclic) bond motifs is 1. The summed E-state index contributed by atoms with van der Waals surface area (Å²) in [5.74, 6) is -0.264. The summed E-state index contributed by atoms with van der Waals surface area (Å²) in [6, 6.07) is 13.8. The van der Waals surface area contributed by atoms with Gasteiger partial charge in [-0.25, -0.2) is 17.7 Å². The topological polar surface area (TPSA) is 83.5 Å². The number of hydrogen-bond acceptors (Lipinski definition) is 6. The minimum Gasteiger partial charge on any atom is -0.279 e. The van der Waals surface area contributed by atoms with Crippen molar-refractivity contribution >= 4 is 42.6 Å². The molecule has 1 amide bonds. The Kier molecular flexibility index (Phi) is 6.29. The van der Waals surface area contributed by atoms with Crippen LogP contribution in [0.2, 0.25) is 0 Å². The summed E-state index contributed by atoms with van der Waals surface area (Å²) in [5, 5.41) is 0.578. The molecule has 0 bridgehead atoms. The molecule has 4 aromatic rings. The first kappa shape index (κ1) is 23.0. The summed E-state index contributed by atoms with van der Waals surface area (Å²) < 4.78 is 26.9. The Balaban J connectivity index is 1.74. The van der Waals surface area contributed by atoms with Gasteiger partial charge in [-0.3, -0.25) is 14.7 Å². The molecule has 0 N–H and O–H groups in total. The minimum absolute atomic E-state index is 0.133. The number of amides is 1. The van der Waals surface area contributed by atoms with Gasteiger partial charge in [0.25, 0.3) is 5.91 Å². The smallest absolute Gasteiger partial charge is 0.260 e. The Labute approximate surface area is 197 Å². The largest absolute Gasteiger partial charge is 0.279 e. The fourth-order valence-electron chi connectivity index (χ4n) is 3.32. The Bertz CT molecular complexity index is 1370. The van der Waals surface area contributed by atoms with Crippen molar-refractivity contribution in [1.82, 2.24) is 14.3 Å². The van der Waals surface area contributed by atoms with Crippen LogP contribution in [0.3, 0.4) is 0 Å². The molecule has 2 aromatic heterocycles. The van der Waals surface area contributed by atoms with Crippen LogP contribution in [0, 0.1) is 13.8 Å². The molecule has 4 rings (SSSR count). The molecule has 0 aliphatic heterocycles. The van der Waals surface area contributed by atoms with Crippen molar-refractivity contribution in [3.63, 3.8) is 0 Å². The fraction of sp³-hybridized carbons (Fsp3) is 0.208. The molecule has 170 valence electrons. The lowest BCUT2D eigenvalue weighted by Crippen LogP contribution is -2.30. The normalized spacial score (nSPS) is 11.8. The number of aryl methyl sites for hydroxylation is 2. The van der Waals surface area contributed by atoms with Gasteiger partial charge in [-0.15, -0.1) is 0 Å². The number of carbonyl (C=O) groups is 1. The minimum atomic E-state index is -3.58. The number of thiazole rings is 1. The lowest BCUT2D eigenvalue weighted by atomic mass is 10.1. The van der Waals surface area contributed by atoms with E-state index in [-0.39, 0.29) is 10.8 Å². The van der Waals surface area contributed by atoms with Crippen LogP contribution in [-0.2, 0) is 16.6 Å². The summed E-state index contributed by atoms with van der Waals surface area (Å²) in [6.45, 7) is 4.38. The van der Waals surface area contributed by atoms with E-state index in [1.807, 2.05) is 25.1 Å². The summed E-state index contributed by atoms with van der Waals surface area (Å²) in [5.41, 5.74) is 4.39. The van der Waals surface area contributed by atoms with E-state index in [9.17, 15) is 13.2 Å². The highest BCUT2D eigenvalue weighted by molar-refractivity contribution is 7.89. The molecule has 0 saturated heterocycles. The number of pyridine rings is 1. The van der Waals surface area contributed by atoms with Crippen LogP contribution in [0.25, 0.3) is 10.2 Å². The quantitative estimate of drug-likeness (QED) is 0.408. The van der Waals surface area contributed by atoms with E-state index in [1.54, 1.807) is 17.3 Å². The van der Waals surface area contributed by atoms with Crippen molar-refractivity contribution in [2.75, 3.05) is 19.0 Å². The first-order valence-electron chi connectivity index (χ1n) is 10.3. The second-order valence-electron chi connectivity index (χ2n) is 7.97. The predicted octanol–water partition coefficient (Wildman–Crippen LogP) is 4.41. The van der Waals surface area contributed by atoms with Gasteiger partial charge in [-0.2, -0.15) is 0 Å². The Morgan fingerprint density at radius 1 is 1.03 bits per heavy atom. The molecule has 9 heteroatoms. The Morgan fingerprint density at radius 2 is 1.73 bits per heavy atom. The van der Waals surface area contributed by atoms with Gasteiger partial charge in [0.05, 0.1) is 21.7 Å². The molecule has 2 heterocycles. The van der Waals surface area contributed by atoms with Crippen LogP contribution in [0.1, 0.15) is 27.0 Å². The number of benzene rings is 2. The maximum absolute atomic E-state index is 13.6. The van der Waals surface area contributed by atoms with Crippen LogP contribution < -0.4 is 4.90 Å². The van der Waals surface area contributed by atoms with Crippen molar-refractivity contribution < 1.29 is 13.2 Å². The zero-order valence-electron chi connectivity index (χ0n) is 18.8. The lowest BCUT2D eigenvalue weighted by molar-refractivity contribution is 0.0985. The maximum atomic E-state index is 13.6. The average Bonchev–Trinajstić information content (AvgIpc) is 3.20. The fourth-order valence-corrected chi connectivity index (χ4v) is 5.26. The molecule has 0 spiro atoms. The van der Waals surface area contributed by atoms with E-state index in [0.29, 0.717) is 17.2 Å². The van der Waals surface area contributed by atoms with Crippen molar-refractivity contribution in [1.29, 1.82) is 0 Å². The third-order valence-corrected chi connectivity index (χ3v) is 8.28. The molecular formula is C24H24N4O3S2. The van der Waals surface area contributed by atoms with Crippen LogP contribution in [-0.4, -0.2) is 42.7 Å². The van der Waals surface area contributed by atoms with Crippen LogP contribution >= 0.6 is 11.3 Å². The molecule has 0 saturated carbocycles. The predicted molar refractivity (Wildman–Crippen MR) is 131 cm³/mol. The van der Waals surface area contributed by atoms with Crippen molar-refractivity contribution in [3.8, 4) is 0 Å². The van der Waals surface area contributed by atoms with E-state index in [4.69, 9.17) is 4.98 Å². The highest BCUT2D eigenvalue weighted by atomic mass is 32.2. The molecule has 0 aliphatic carbocycles. The monoisotopic (exact) mass is 480 g/mol. The molecular weight excluding hydrogens is 456 g/mol. The molecule has 0 unspecified atom stereocenters. The van der Waals surface area contributed by atoms with Crippen molar-refractivity contribution in [3.05, 3.63) is 83.2 Å². The number of aromatic nitrogens is 2. The zero-order valence-corrected chi connectivity index (χ0v) is 20.4. The van der Waals surface area contributed by atoms with Gasteiger partial charge in [-0.05, 0) is 73.0 Å². The first-order valence-corrected chi connectivity index (χ1v) is 12.5. The number of anilines is 1. The second kappa shape index (κ2) is 9.01. The van der Waals surface area contributed by atoms with E-state index < -0.39 is 10.0 Å². The molecule has 2 aromatic carbocycles. The molecule has 33 heavy (non-hydrogen) atoms. The number of rotatable bonds is 6. The molecule has 0 fully saturated rings. The summed E-state index contributed by atoms with van der Waals surface area (Å²) >= 11 is 1.45. The van der Waals surface area contributed by atoms with Gasteiger partial charge in [0.1, 0.15) is 0 Å². The van der Waals surface area contributed by atoms with E-state index in [2.05, 4.69) is 18.0 Å². The van der Waals surface area contributed by atoms with Crippen molar-refractivity contribution in [2.24, 2.45) is 0 Å². The zero-order chi connectivity index (χ0) is 23.8. The van der Waals surface area contributed by atoms with Crippen LogP contribution in [0.5, 0.6) is 0 Å². The lowest BCUT2D eigenvalue weighted by Gasteiger charge is -2.20. The highest BCUT2D eigenvalue weighted by Gasteiger charge is 2.23. The van der Waals surface area contributed by atoms with E-state index >= 15 is 0 Å². The number of nitrogens with zero attached hydrogens (tertiary/aromatic N) is 4. The second-order valence-corrected chi connectivity index (χ2v) is 11.1. The number of hydrogen-bond donors (Lipinski definition) is 0. The van der Waals surface area contributed by atoms with Gasteiger partial charge in [-0.1, -0.05) is 17.4 Å². The number of carbonyl (C=O) groups excluding carboxylic acids is 1. The highest BCUT2D eigenvalue weighted by Crippen LogP contribution is 2.32. The standard InChI is InChI=1S/C24H24N4O3S2/c1-16-12-21-22(13-17(16)2)32-24(26-21)28(15-18-6-5-11-25-14-18)23(29)19-7-9-20(10-8-19)33(30,31)27(3)4/h5-14H,15H2,1-4H3. The van der Waals surface area contributed by atoms with Gasteiger partial charge in [0.15, 0.2) is 5.13 Å². The van der Waals surface area contributed by atoms with Crippen molar-refractivity contribution in [2.45, 2.75) is 25.3 Å². The Hall–Kier alpha value is -3.14. The third-order valence-electron chi connectivity index (χ3n) is 5.41. The van der Waals surface area contributed by atoms with Gasteiger partial charge >= 0.3 is 0 Å². The van der Waals surface area contributed by atoms with Crippen LogP contribution in [0.4, 0.5) is 5.13 Å². The average molecular weight is 481 g/mol. The summed E-state index contributed by atoms with van der Waals surface area (Å²) in [6.07, 6.45) is 3.40. The van der Waals surface area contributed by atoms with Gasteiger partial charge < -0.3 is 0 Å². The van der Waals surface area contributed by atoms with Gasteiger partial charge in [0, 0.05) is 32.1 Å². The molecule has 7 nitrogen and oxygen atoms in total. The number of sulfonamides is 1. The Morgan fingerprint density at radius 3 is 2.36 bits per heavy atom. The summed E-state index contributed by atoms with van der Waals surface area (Å²) in [4.78, 5) is 24.2.